The van der Waals surface area contributed by atoms with E-state index in [0.717, 1.165) is 12.8 Å². The Morgan fingerprint density at radius 3 is 2.52 bits per heavy atom. The summed E-state index contributed by atoms with van der Waals surface area (Å²) in [5, 5.41) is 13.7. The van der Waals surface area contributed by atoms with Crippen molar-refractivity contribution >= 4 is 11.9 Å². The Hall–Kier alpha value is -3.00. The Balaban J connectivity index is 2.01. The normalized spacial score (nSPS) is 12.3. The van der Waals surface area contributed by atoms with Crippen LogP contribution in [0.25, 0.3) is 0 Å². The van der Waals surface area contributed by atoms with Gasteiger partial charge in [-0.15, -0.1) is 0 Å². The van der Waals surface area contributed by atoms with Crippen LogP contribution in [0.4, 0.5) is 0 Å². The molecule has 2 aromatic rings. The molecule has 1 N–H and O–H groups in total. The number of ether oxygens (including phenoxy) is 2. The molecule has 1 unspecified atom stereocenters. The number of rotatable bonds is 12. The lowest BCUT2D eigenvalue weighted by atomic mass is 10.1. The summed E-state index contributed by atoms with van der Waals surface area (Å²) in [6.45, 7) is 2.67. The van der Waals surface area contributed by atoms with E-state index >= 15 is 0 Å². The SMILES string of the molecule is CCCc1ccc(OCc2ccc(C(=O)NC(CC(=O)[O-])C[N+](C)(C)C)o2)c(OC)c1. The molecule has 8 nitrogen and oxygen atoms in total. The molecule has 31 heavy (non-hydrogen) atoms. The van der Waals surface area contributed by atoms with E-state index in [1.807, 2.05) is 39.3 Å². The first-order valence-electron chi connectivity index (χ1n) is 10.3. The molecule has 0 aliphatic heterocycles. The van der Waals surface area contributed by atoms with Crippen LogP contribution in [0.15, 0.2) is 34.7 Å². The van der Waals surface area contributed by atoms with E-state index in [1.54, 1.807) is 13.2 Å². The predicted molar refractivity (Wildman–Crippen MR) is 114 cm³/mol. The number of carbonyl (C=O) groups is 2. The smallest absolute Gasteiger partial charge is 0.287 e. The number of hydrogen-bond donors (Lipinski definition) is 1. The van der Waals surface area contributed by atoms with Crippen molar-refractivity contribution in [2.24, 2.45) is 0 Å². The zero-order chi connectivity index (χ0) is 23.0. The molecular formula is C23H32N2O6. The van der Waals surface area contributed by atoms with Crippen molar-refractivity contribution < 1.29 is 33.1 Å². The molecule has 1 amide bonds. The predicted octanol–water partition coefficient (Wildman–Crippen LogP) is 1.76. The fourth-order valence-corrected chi connectivity index (χ4v) is 3.28. The third-order valence-electron chi connectivity index (χ3n) is 4.54. The number of carbonyl (C=O) groups excluding carboxylic acids is 2. The minimum Gasteiger partial charge on any atom is -0.550 e. The summed E-state index contributed by atoms with van der Waals surface area (Å²) in [5.41, 5.74) is 1.17. The number of furan rings is 1. The summed E-state index contributed by atoms with van der Waals surface area (Å²) in [6.07, 6.45) is 1.73. The van der Waals surface area contributed by atoms with Crippen LogP contribution in [0.2, 0.25) is 0 Å². The maximum absolute atomic E-state index is 12.5. The van der Waals surface area contributed by atoms with Gasteiger partial charge < -0.3 is 33.6 Å². The third kappa shape index (κ3) is 7.97. The molecule has 0 aliphatic rings. The van der Waals surface area contributed by atoms with Crippen molar-refractivity contribution in [3.63, 3.8) is 0 Å². The maximum atomic E-state index is 12.5. The van der Waals surface area contributed by atoms with Gasteiger partial charge >= 0.3 is 0 Å². The Morgan fingerprint density at radius 2 is 1.90 bits per heavy atom. The molecule has 1 heterocycles. The Labute approximate surface area is 183 Å². The number of nitrogens with one attached hydrogen (secondary N) is 1. The maximum Gasteiger partial charge on any atom is 0.287 e. The van der Waals surface area contributed by atoms with Crippen molar-refractivity contribution in [3.05, 3.63) is 47.4 Å². The van der Waals surface area contributed by atoms with Crippen LogP contribution in [0.3, 0.4) is 0 Å². The summed E-state index contributed by atoms with van der Waals surface area (Å²) < 4.78 is 17.3. The summed E-state index contributed by atoms with van der Waals surface area (Å²) in [6, 6.07) is 8.42. The first-order chi connectivity index (χ1) is 14.6. The molecule has 0 saturated heterocycles. The van der Waals surface area contributed by atoms with E-state index in [-0.39, 0.29) is 18.8 Å². The number of quaternary nitrogens is 1. The first kappa shape index (κ1) is 24.3. The highest BCUT2D eigenvalue weighted by Crippen LogP contribution is 2.29. The van der Waals surface area contributed by atoms with Gasteiger partial charge in [-0.2, -0.15) is 0 Å². The van der Waals surface area contributed by atoms with Gasteiger partial charge in [0.2, 0.25) is 0 Å². The molecule has 1 atom stereocenters. The van der Waals surface area contributed by atoms with E-state index in [4.69, 9.17) is 13.9 Å². The van der Waals surface area contributed by atoms with Gasteiger partial charge in [-0.25, -0.2) is 0 Å². The molecule has 1 aromatic carbocycles. The number of hydrogen-bond acceptors (Lipinski definition) is 6. The van der Waals surface area contributed by atoms with Gasteiger partial charge in [0.15, 0.2) is 17.3 Å². The van der Waals surface area contributed by atoms with Crippen molar-refractivity contribution in [1.29, 1.82) is 0 Å². The van der Waals surface area contributed by atoms with Gasteiger partial charge in [0, 0.05) is 12.4 Å². The summed E-state index contributed by atoms with van der Waals surface area (Å²) in [4.78, 5) is 23.6. The summed E-state index contributed by atoms with van der Waals surface area (Å²) in [7, 11) is 7.34. The number of carboxylic acid groups (broad SMARTS) is 1. The number of nitrogens with zero attached hydrogens (tertiary/aromatic N) is 1. The number of aliphatic carboxylic acids is 1. The molecule has 0 aliphatic carbocycles. The molecule has 2 rings (SSSR count). The largest absolute Gasteiger partial charge is 0.550 e. The lowest BCUT2D eigenvalue weighted by molar-refractivity contribution is -0.871. The minimum atomic E-state index is -1.22. The van der Waals surface area contributed by atoms with Crippen LogP contribution in [0.5, 0.6) is 11.5 Å². The van der Waals surface area contributed by atoms with Gasteiger partial charge in [0.05, 0.1) is 40.8 Å². The van der Waals surface area contributed by atoms with Crippen molar-refractivity contribution in [3.8, 4) is 11.5 Å². The molecule has 0 spiro atoms. The molecule has 0 fully saturated rings. The van der Waals surface area contributed by atoms with Crippen LogP contribution in [0, 0.1) is 0 Å². The number of likely N-dealkylation sites (N-methyl/N-ethyl adjacent to an activating group) is 1. The van der Waals surface area contributed by atoms with E-state index in [1.165, 1.54) is 11.6 Å². The van der Waals surface area contributed by atoms with Gasteiger partial charge in [0.25, 0.3) is 5.91 Å². The number of benzene rings is 1. The summed E-state index contributed by atoms with van der Waals surface area (Å²) >= 11 is 0. The number of methoxy groups -OCH3 is 1. The summed E-state index contributed by atoms with van der Waals surface area (Å²) in [5.74, 6) is 0.0859. The Bertz CT molecular complexity index is 884. The average Bonchev–Trinajstić information content (AvgIpc) is 3.14. The van der Waals surface area contributed by atoms with Crippen molar-refractivity contribution in [1.82, 2.24) is 5.32 Å². The van der Waals surface area contributed by atoms with Crippen LogP contribution >= 0.6 is 0 Å². The second kappa shape index (κ2) is 10.9. The van der Waals surface area contributed by atoms with E-state index in [2.05, 4.69) is 12.2 Å². The fraction of sp³-hybridized carbons (Fsp3) is 0.478. The van der Waals surface area contributed by atoms with Gasteiger partial charge in [-0.1, -0.05) is 19.4 Å². The Morgan fingerprint density at radius 1 is 1.16 bits per heavy atom. The second-order valence-electron chi connectivity index (χ2n) is 8.51. The topological polar surface area (TPSA) is 101 Å². The minimum absolute atomic E-state index is 0.0913. The van der Waals surface area contributed by atoms with Crippen LogP contribution < -0.4 is 19.9 Å². The lowest BCUT2D eigenvalue weighted by Crippen LogP contribution is -2.50. The third-order valence-corrected chi connectivity index (χ3v) is 4.54. The van der Waals surface area contributed by atoms with Gasteiger partial charge in [-0.3, -0.25) is 4.79 Å². The highest BCUT2D eigenvalue weighted by molar-refractivity contribution is 5.91. The van der Waals surface area contributed by atoms with E-state index in [0.29, 0.717) is 28.3 Å². The zero-order valence-corrected chi connectivity index (χ0v) is 18.9. The average molecular weight is 433 g/mol. The fourth-order valence-electron chi connectivity index (χ4n) is 3.28. The molecule has 170 valence electrons. The number of aryl methyl sites for hydroxylation is 1. The number of carboxylic acids is 1. The molecular weight excluding hydrogens is 400 g/mol. The monoisotopic (exact) mass is 432 g/mol. The van der Waals surface area contributed by atoms with Gasteiger partial charge in [0.1, 0.15) is 12.4 Å². The highest BCUT2D eigenvalue weighted by Gasteiger charge is 2.22. The highest BCUT2D eigenvalue weighted by atomic mass is 16.5. The van der Waals surface area contributed by atoms with Crippen LogP contribution in [-0.4, -0.2) is 57.2 Å². The lowest BCUT2D eigenvalue weighted by Gasteiger charge is -2.29. The number of amides is 1. The van der Waals surface area contributed by atoms with E-state index < -0.39 is 17.9 Å². The van der Waals surface area contributed by atoms with Crippen molar-refractivity contribution in [2.75, 3.05) is 34.8 Å². The molecule has 1 aromatic heterocycles. The van der Waals surface area contributed by atoms with Crippen molar-refractivity contribution in [2.45, 2.75) is 38.8 Å². The standard InChI is InChI=1S/C23H32N2O6/c1-6-7-16-8-10-19(21(12-16)29-5)30-15-18-9-11-20(31-18)23(28)24-17(13-22(26)27)14-25(2,3)4/h8-12,17H,6-7,13-15H2,1-5H3,(H-,24,26,27,28). The van der Waals surface area contributed by atoms with Gasteiger partial charge in [-0.05, 0) is 36.2 Å². The zero-order valence-electron chi connectivity index (χ0n) is 18.9. The van der Waals surface area contributed by atoms with Crippen LogP contribution in [0.1, 0.15) is 41.6 Å². The van der Waals surface area contributed by atoms with Crippen LogP contribution in [-0.2, 0) is 17.8 Å². The first-order valence-corrected chi connectivity index (χ1v) is 10.3. The molecule has 8 heteroatoms. The Kier molecular flexibility index (Phi) is 8.50. The van der Waals surface area contributed by atoms with E-state index in [9.17, 15) is 14.7 Å². The molecule has 0 saturated carbocycles. The quantitative estimate of drug-likeness (QED) is 0.513. The molecule has 0 radical (unpaired) electrons. The second-order valence-corrected chi connectivity index (χ2v) is 8.51. The molecule has 0 bridgehead atoms.